The molecule has 12 N–H and O–H groups in total. The van der Waals surface area contributed by atoms with E-state index in [1.165, 1.54) is 0 Å². The van der Waals surface area contributed by atoms with E-state index in [1.54, 1.807) is 9.80 Å². The van der Waals surface area contributed by atoms with Gasteiger partial charge >= 0.3 is 0 Å². The van der Waals surface area contributed by atoms with E-state index in [1.807, 2.05) is 0 Å². The SMILES string of the molecule is CCCCO.CCCCO.O.O.OCCN(CCO)CCO.OCCN(CCO)CCO.[Ti]. The van der Waals surface area contributed by atoms with Crippen LogP contribution in [0.1, 0.15) is 39.5 Å². The molecule has 0 aromatic heterocycles. The molecule has 0 saturated heterocycles. The van der Waals surface area contributed by atoms with Crippen molar-refractivity contribution < 1.29 is 73.5 Å². The van der Waals surface area contributed by atoms with Gasteiger partial charge in [-0.15, -0.1) is 0 Å². The molecule has 0 aliphatic rings. The van der Waals surface area contributed by atoms with Crippen LogP contribution >= 0.6 is 0 Å². The molecule has 0 unspecified atom stereocenters. The third kappa shape index (κ3) is 59.6. The first-order valence-electron chi connectivity index (χ1n) is 10.8. The second kappa shape index (κ2) is 53.5. The number of aliphatic hydroxyl groups excluding tert-OH is 8. The second-order valence-electron chi connectivity index (χ2n) is 6.18. The molecule has 0 fully saturated rings. The van der Waals surface area contributed by atoms with Crippen LogP contribution in [0.3, 0.4) is 0 Å². The summed E-state index contributed by atoms with van der Waals surface area (Å²) in [6.07, 6.45) is 4.08. The monoisotopic (exact) mass is 530 g/mol. The summed E-state index contributed by atoms with van der Waals surface area (Å²) < 4.78 is 0. The molecule has 0 aliphatic heterocycles. The molecule has 0 radical (unpaired) electrons. The molecule has 0 aliphatic carbocycles. The molecule has 0 rings (SSSR count). The van der Waals surface area contributed by atoms with Crippen molar-refractivity contribution in [3.05, 3.63) is 0 Å². The summed E-state index contributed by atoms with van der Waals surface area (Å²) in [6, 6.07) is 0. The first kappa shape index (κ1) is 50.2. The van der Waals surface area contributed by atoms with Crippen LogP contribution in [0.5, 0.6) is 0 Å². The molecule has 0 spiro atoms. The standard InChI is InChI=1S/2C6H15NO3.2C4H10O.2H2O.Ti/c2*8-4-1-7(2-5-9)3-6-10;2*1-2-3-4-5;;;/h2*8-10H,1-6H2;2*5H,2-4H2,1H3;2*1H2;. The van der Waals surface area contributed by atoms with E-state index < -0.39 is 0 Å². The Morgan fingerprint density at radius 3 is 0.636 bits per heavy atom. The van der Waals surface area contributed by atoms with Crippen LogP contribution < -0.4 is 0 Å². The van der Waals surface area contributed by atoms with Gasteiger partial charge < -0.3 is 51.8 Å². The number of hydrogen-bond acceptors (Lipinski definition) is 10. The summed E-state index contributed by atoms with van der Waals surface area (Å²) in [5, 5.41) is 67.0. The molecule has 0 bridgehead atoms. The van der Waals surface area contributed by atoms with E-state index in [-0.39, 0.29) is 72.3 Å². The summed E-state index contributed by atoms with van der Waals surface area (Å²) in [5.74, 6) is 0. The maximum atomic E-state index is 8.48. The first-order chi connectivity index (χ1) is 14.5. The molecule has 0 aromatic carbocycles. The molecule has 12 nitrogen and oxygen atoms in total. The smallest absolute Gasteiger partial charge is 0.0558 e. The van der Waals surface area contributed by atoms with Crippen molar-refractivity contribution in [2.45, 2.75) is 39.5 Å². The largest absolute Gasteiger partial charge is 0.412 e. The third-order valence-corrected chi connectivity index (χ3v) is 3.52. The Labute approximate surface area is 215 Å². The Morgan fingerprint density at radius 2 is 0.576 bits per heavy atom. The molecule has 0 heterocycles. The fourth-order valence-electron chi connectivity index (χ4n) is 1.84. The van der Waals surface area contributed by atoms with Gasteiger partial charge in [-0.3, -0.25) is 9.80 Å². The van der Waals surface area contributed by atoms with Crippen LogP contribution in [-0.2, 0) is 21.7 Å². The van der Waals surface area contributed by atoms with E-state index >= 15 is 0 Å². The van der Waals surface area contributed by atoms with E-state index in [2.05, 4.69) is 13.8 Å². The maximum absolute atomic E-state index is 8.48. The van der Waals surface area contributed by atoms with Crippen molar-refractivity contribution in [2.24, 2.45) is 0 Å². The van der Waals surface area contributed by atoms with Gasteiger partial charge in [0.1, 0.15) is 0 Å². The van der Waals surface area contributed by atoms with Gasteiger partial charge in [-0.2, -0.15) is 0 Å². The van der Waals surface area contributed by atoms with Gasteiger partial charge in [0.05, 0.1) is 39.6 Å². The molecule has 0 aromatic rings. The van der Waals surface area contributed by atoms with Crippen molar-refractivity contribution in [3.63, 3.8) is 0 Å². The van der Waals surface area contributed by atoms with Crippen molar-refractivity contribution >= 4 is 0 Å². The summed E-state index contributed by atoms with van der Waals surface area (Å²) in [4.78, 5) is 3.58. The molecule has 0 amide bonds. The van der Waals surface area contributed by atoms with Crippen LogP contribution in [-0.4, -0.2) is 154 Å². The number of hydrogen-bond donors (Lipinski definition) is 8. The van der Waals surface area contributed by atoms with Crippen LogP contribution in [0.15, 0.2) is 0 Å². The minimum absolute atomic E-state index is 0. The van der Waals surface area contributed by atoms with Gasteiger partial charge in [-0.05, 0) is 12.8 Å². The summed E-state index contributed by atoms with van der Waals surface area (Å²) in [5.41, 5.74) is 0. The topological polar surface area (TPSA) is 231 Å². The van der Waals surface area contributed by atoms with Crippen LogP contribution in [0.4, 0.5) is 0 Å². The number of unbranched alkanes of at least 4 members (excludes halogenated alkanes) is 2. The second-order valence-corrected chi connectivity index (χ2v) is 6.18. The molecule has 208 valence electrons. The zero-order chi connectivity index (χ0) is 23.9. The molecular weight excluding hydrogens is 476 g/mol. The summed E-state index contributed by atoms with van der Waals surface area (Å²) in [7, 11) is 0. The minimum atomic E-state index is 0. The van der Waals surface area contributed by atoms with Gasteiger partial charge in [-0.25, -0.2) is 0 Å². The van der Waals surface area contributed by atoms with E-state index in [4.69, 9.17) is 40.9 Å². The summed E-state index contributed by atoms with van der Waals surface area (Å²) in [6.45, 7) is 8.30. The predicted molar refractivity (Wildman–Crippen MR) is 127 cm³/mol. The number of aliphatic hydroxyl groups is 8. The van der Waals surface area contributed by atoms with Crippen molar-refractivity contribution in [3.8, 4) is 0 Å². The minimum Gasteiger partial charge on any atom is -0.412 e. The van der Waals surface area contributed by atoms with Crippen molar-refractivity contribution in [2.75, 3.05) is 92.1 Å². The van der Waals surface area contributed by atoms with Gasteiger partial charge in [0.25, 0.3) is 0 Å². The van der Waals surface area contributed by atoms with Gasteiger partial charge in [0, 0.05) is 74.2 Å². The Morgan fingerprint density at radius 1 is 0.394 bits per heavy atom. The summed E-state index contributed by atoms with van der Waals surface area (Å²) >= 11 is 0. The van der Waals surface area contributed by atoms with Gasteiger partial charge in [0.2, 0.25) is 0 Å². The molecular formula is C20H54N2O10Ti. The zero-order valence-electron chi connectivity index (χ0n) is 20.7. The number of nitrogens with zero attached hydrogens (tertiary/aromatic N) is 2. The van der Waals surface area contributed by atoms with Crippen LogP contribution in [0.25, 0.3) is 0 Å². The number of rotatable bonds is 16. The van der Waals surface area contributed by atoms with Crippen LogP contribution in [0.2, 0.25) is 0 Å². The molecule has 0 saturated carbocycles. The molecule has 13 heteroatoms. The molecule has 33 heavy (non-hydrogen) atoms. The Kier molecular flexibility index (Phi) is 81.4. The average molecular weight is 531 g/mol. The maximum Gasteiger partial charge on any atom is 0.0558 e. The predicted octanol–water partition coefficient (Wildman–Crippen LogP) is -3.56. The quantitative estimate of drug-likeness (QED) is 0.0915. The van der Waals surface area contributed by atoms with E-state index in [9.17, 15) is 0 Å². The van der Waals surface area contributed by atoms with Crippen molar-refractivity contribution in [1.29, 1.82) is 0 Å². The molecule has 0 atom stereocenters. The Balaban J connectivity index is -0.0000000556. The van der Waals surface area contributed by atoms with Crippen LogP contribution in [0, 0.1) is 0 Å². The van der Waals surface area contributed by atoms with Crippen molar-refractivity contribution in [1.82, 2.24) is 9.80 Å². The fourth-order valence-corrected chi connectivity index (χ4v) is 1.84. The Hall–Kier alpha value is 0.234. The zero-order valence-corrected chi connectivity index (χ0v) is 22.3. The average Bonchev–Trinajstić information content (AvgIpc) is 2.72. The first-order valence-corrected chi connectivity index (χ1v) is 10.8. The van der Waals surface area contributed by atoms with Gasteiger partial charge in [0.15, 0.2) is 0 Å². The normalized spacial score (nSPS) is 9.09. The fraction of sp³-hybridized carbons (Fsp3) is 1.00. The van der Waals surface area contributed by atoms with E-state index in [0.717, 1.165) is 25.7 Å². The van der Waals surface area contributed by atoms with E-state index in [0.29, 0.717) is 52.5 Å². The Bertz CT molecular complexity index is 208. The van der Waals surface area contributed by atoms with Gasteiger partial charge in [-0.1, -0.05) is 26.7 Å². The third-order valence-electron chi connectivity index (χ3n) is 3.52.